The van der Waals surface area contributed by atoms with E-state index in [0.29, 0.717) is 37.6 Å². The van der Waals surface area contributed by atoms with Crippen LogP contribution in [0.1, 0.15) is 45.1 Å². The summed E-state index contributed by atoms with van der Waals surface area (Å²) in [4.78, 5) is 26.0. The van der Waals surface area contributed by atoms with Gasteiger partial charge in [-0.25, -0.2) is 9.59 Å². The average Bonchev–Trinajstić information content (AvgIpc) is 3.05. The Kier molecular flexibility index (Phi) is 10.7. The highest BCUT2D eigenvalue weighted by Gasteiger charge is 2.44. The van der Waals surface area contributed by atoms with Gasteiger partial charge in [0.15, 0.2) is 11.0 Å². The van der Waals surface area contributed by atoms with Gasteiger partial charge >= 0.3 is 12.1 Å². The van der Waals surface area contributed by atoms with Crippen LogP contribution in [0.5, 0.6) is 0 Å². The summed E-state index contributed by atoms with van der Waals surface area (Å²) in [5.41, 5.74) is 7.48. The molecule has 1 aromatic rings. The van der Waals surface area contributed by atoms with E-state index in [2.05, 4.69) is 20.4 Å². The number of aliphatic carboxylic acids is 1. The zero-order chi connectivity index (χ0) is 26.8. The minimum atomic E-state index is -1.09. The minimum Gasteiger partial charge on any atom is -0.480 e. The molecule has 0 aromatic heterocycles. The fraction of sp³-hybridized carbons (Fsp3) is 0.600. The third kappa shape index (κ3) is 9.62. The Bertz CT molecular complexity index is 974. The lowest BCUT2D eigenvalue weighted by molar-refractivity contribution is -0.147. The fourth-order valence-corrected chi connectivity index (χ4v) is 4.48. The number of ether oxygens (including phenoxy) is 3. The molecule has 2 aliphatic rings. The molecule has 0 radical (unpaired) electrons. The molecule has 11 nitrogen and oxygen atoms in total. The number of nitrogens with zero attached hydrogens (tertiary/aromatic N) is 3. The van der Waals surface area contributed by atoms with Crippen LogP contribution in [0, 0.1) is 0 Å². The van der Waals surface area contributed by atoms with Crippen LogP contribution in [0.2, 0.25) is 0 Å². The van der Waals surface area contributed by atoms with Gasteiger partial charge in [-0.05, 0) is 51.5 Å². The van der Waals surface area contributed by atoms with Crippen LogP contribution in [0.4, 0.5) is 4.79 Å². The van der Waals surface area contributed by atoms with Crippen molar-refractivity contribution in [2.75, 3.05) is 25.9 Å². The van der Waals surface area contributed by atoms with E-state index in [1.807, 2.05) is 50.4 Å². The summed E-state index contributed by atoms with van der Waals surface area (Å²) in [7, 11) is 0. The molecule has 204 valence electrons. The predicted octanol–water partition coefficient (Wildman–Crippen LogP) is 2.80. The monoisotopic (exact) mass is 535 g/mol. The molecule has 2 aliphatic heterocycles. The lowest BCUT2D eigenvalue weighted by Gasteiger charge is -2.24. The van der Waals surface area contributed by atoms with E-state index < -0.39 is 23.9 Å². The highest BCUT2D eigenvalue weighted by molar-refractivity contribution is 8.13. The van der Waals surface area contributed by atoms with E-state index in [9.17, 15) is 14.7 Å². The Morgan fingerprint density at radius 1 is 1.27 bits per heavy atom. The van der Waals surface area contributed by atoms with Crippen molar-refractivity contribution in [2.24, 2.45) is 15.9 Å². The summed E-state index contributed by atoms with van der Waals surface area (Å²) in [6, 6.07) is 8.19. The predicted molar refractivity (Wildman–Crippen MR) is 142 cm³/mol. The topological polar surface area (TPSA) is 148 Å². The maximum Gasteiger partial charge on any atom is 0.408 e. The second-order valence-electron chi connectivity index (χ2n) is 9.55. The third-order valence-corrected chi connectivity index (χ3v) is 6.59. The second-order valence-corrected chi connectivity index (χ2v) is 10.4. The Labute approximate surface area is 221 Å². The summed E-state index contributed by atoms with van der Waals surface area (Å²) in [5, 5.41) is 20.9. The highest BCUT2D eigenvalue weighted by atomic mass is 32.2. The lowest BCUT2D eigenvalue weighted by atomic mass is 10.1. The van der Waals surface area contributed by atoms with Gasteiger partial charge < -0.3 is 30.4 Å². The molecule has 2 saturated heterocycles. The van der Waals surface area contributed by atoms with Gasteiger partial charge in [-0.15, -0.1) is 5.10 Å². The van der Waals surface area contributed by atoms with Gasteiger partial charge in [0.05, 0.1) is 11.8 Å². The Morgan fingerprint density at radius 3 is 2.70 bits per heavy atom. The van der Waals surface area contributed by atoms with Crippen molar-refractivity contribution in [3.63, 3.8) is 0 Å². The first kappa shape index (κ1) is 28.9. The number of nitrogens with one attached hydrogen (secondary N) is 1. The van der Waals surface area contributed by atoms with E-state index in [1.165, 1.54) is 11.8 Å². The molecule has 1 amide bonds. The lowest BCUT2D eigenvalue weighted by Crippen LogP contribution is -2.41. The maximum atomic E-state index is 12.1. The van der Waals surface area contributed by atoms with Crippen LogP contribution in [-0.4, -0.2) is 82.9 Å². The van der Waals surface area contributed by atoms with Gasteiger partial charge in [0, 0.05) is 19.5 Å². The molecule has 0 bridgehead atoms. The SMILES string of the molecule is CSC(N)=N/N=C1/C[C@@H]2OC(C)(C)O[C@@H]2CN(CCCC[C@H](NC(=O)OCc2ccccc2)C(=O)O)C1. The van der Waals surface area contributed by atoms with Crippen LogP contribution in [0.3, 0.4) is 0 Å². The van der Waals surface area contributed by atoms with Crippen LogP contribution in [0.15, 0.2) is 40.5 Å². The number of likely N-dealkylation sites (tertiary alicyclic amines) is 1. The molecule has 0 aliphatic carbocycles. The van der Waals surface area contributed by atoms with Crippen LogP contribution >= 0.6 is 11.8 Å². The molecular formula is C25H37N5O6S. The molecule has 3 atom stereocenters. The van der Waals surface area contributed by atoms with Gasteiger partial charge in [0.1, 0.15) is 18.8 Å². The Balaban J connectivity index is 1.50. The van der Waals surface area contributed by atoms with Crippen molar-refractivity contribution in [3.8, 4) is 0 Å². The first-order chi connectivity index (χ1) is 17.6. The number of unbranched alkanes of at least 4 members (excludes halogenated alkanes) is 1. The minimum absolute atomic E-state index is 0.0786. The number of amidine groups is 1. The van der Waals surface area contributed by atoms with Crippen molar-refractivity contribution < 1.29 is 28.9 Å². The number of nitrogens with two attached hydrogens (primary N) is 1. The number of benzene rings is 1. The van der Waals surface area contributed by atoms with Crippen LogP contribution in [-0.2, 0) is 25.6 Å². The molecule has 12 heteroatoms. The van der Waals surface area contributed by atoms with Gasteiger partial charge in [0.2, 0.25) is 0 Å². The number of rotatable bonds is 10. The first-order valence-corrected chi connectivity index (χ1v) is 13.6. The summed E-state index contributed by atoms with van der Waals surface area (Å²) in [5.74, 6) is -1.76. The largest absolute Gasteiger partial charge is 0.480 e. The zero-order valence-corrected chi connectivity index (χ0v) is 22.4. The third-order valence-electron chi connectivity index (χ3n) is 6.09. The van der Waals surface area contributed by atoms with Crippen molar-refractivity contribution in [1.82, 2.24) is 10.2 Å². The van der Waals surface area contributed by atoms with Crippen molar-refractivity contribution in [1.29, 1.82) is 0 Å². The van der Waals surface area contributed by atoms with E-state index in [4.69, 9.17) is 19.9 Å². The van der Waals surface area contributed by atoms with Crippen molar-refractivity contribution in [3.05, 3.63) is 35.9 Å². The van der Waals surface area contributed by atoms with Gasteiger partial charge in [-0.2, -0.15) is 5.10 Å². The number of carboxylic acid groups (broad SMARTS) is 1. The molecule has 0 unspecified atom stereocenters. The van der Waals surface area contributed by atoms with Crippen molar-refractivity contribution >= 4 is 34.7 Å². The number of carboxylic acids is 1. The van der Waals surface area contributed by atoms with E-state index in [1.54, 1.807) is 0 Å². The smallest absolute Gasteiger partial charge is 0.408 e. The number of amides is 1. The molecule has 3 rings (SSSR count). The van der Waals surface area contributed by atoms with E-state index in [-0.39, 0.29) is 25.2 Å². The maximum absolute atomic E-state index is 12.1. The number of hydrogen-bond acceptors (Lipinski definition) is 9. The summed E-state index contributed by atoms with van der Waals surface area (Å²) in [6.45, 7) is 5.85. The molecule has 37 heavy (non-hydrogen) atoms. The molecule has 1 aromatic carbocycles. The number of carbonyl (C=O) groups is 2. The Morgan fingerprint density at radius 2 is 2.00 bits per heavy atom. The number of fused-ring (bicyclic) bond motifs is 1. The van der Waals surface area contributed by atoms with Gasteiger partial charge in [-0.3, -0.25) is 4.90 Å². The summed E-state index contributed by atoms with van der Waals surface area (Å²) < 4.78 is 17.4. The van der Waals surface area contributed by atoms with Crippen molar-refractivity contribution in [2.45, 2.75) is 70.2 Å². The number of carbonyl (C=O) groups excluding carboxylic acids is 1. The second kappa shape index (κ2) is 13.8. The number of hydrogen-bond donors (Lipinski definition) is 3. The Hall–Kier alpha value is -2.67. The summed E-state index contributed by atoms with van der Waals surface area (Å²) >= 11 is 1.33. The number of thioether (sulfide) groups is 1. The highest BCUT2D eigenvalue weighted by Crippen LogP contribution is 2.32. The quantitative estimate of drug-likeness (QED) is 0.178. The van der Waals surface area contributed by atoms with Crippen LogP contribution in [0.25, 0.3) is 0 Å². The molecule has 0 spiro atoms. The van der Waals surface area contributed by atoms with Crippen LogP contribution < -0.4 is 11.1 Å². The van der Waals surface area contributed by atoms with E-state index in [0.717, 1.165) is 17.7 Å². The molecule has 2 fully saturated rings. The van der Waals surface area contributed by atoms with Gasteiger partial charge in [-0.1, -0.05) is 42.1 Å². The zero-order valence-electron chi connectivity index (χ0n) is 21.6. The molecule has 2 heterocycles. The first-order valence-electron chi connectivity index (χ1n) is 12.4. The molecule has 0 saturated carbocycles. The normalized spacial score (nSPS) is 23.8. The molecule has 4 N–H and O–H groups in total. The van der Waals surface area contributed by atoms with E-state index >= 15 is 0 Å². The fourth-order valence-electron chi connectivity index (χ4n) is 4.36. The number of alkyl carbamates (subject to hydrolysis) is 1. The molecular weight excluding hydrogens is 498 g/mol. The summed E-state index contributed by atoms with van der Waals surface area (Å²) in [6.07, 6.45) is 3.10. The standard InChI is InChI=1S/C25H37N5O6S/c1-25(2)35-20-13-18(28-29-23(26)37-3)14-30(15-21(20)36-25)12-8-7-11-19(22(31)32)27-24(33)34-16-17-9-5-4-6-10-17/h4-6,9-10,19-21H,7-8,11-16H2,1-3H3,(H2,26,29)(H,27,33)(H,31,32)/b28-18-/t19-,20-,21+/m0/s1. The average molecular weight is 536 g/mol. The van der Waals surface area contributed by atoms with Gasteiger partial charge in [0.25, 0.3) is 0 Å².